The highest BCUT2D eigenvalue weighted by molar-refractivity contribution is 5.94. The van der Waals surface area contributed by atoms with E-state index in [4.69, 9.17) is 0 Å². The van der Waals surface area contributed by atoms with E-state index in [2.05, 4.69) is 58.3 Å². The van der Waals surface area contributed by atoms with E-state index in [1.54, 1.807) is 6.20 Å². The monoisotopic (exact) mass is 338 g/mol. The lowest BCUT2D eigenvalue weighted by molar-refractivity contribution is 0.0946. The predicted molar refractivity (Wildman–Crippen MR) is 99.9 cm³/mol. The number of rotatable bonds is 6. The lowest BCUT2D eigenvalue weighted by Gasteiger charge is -2.21. The van der Waals surface area contributed by atoms with Gasteiger partial charge in [0.2, 0.25) is 0 Å². The molecule has 2 aromatic rings. The Hall–Kier alpha value is -2.43. The largest absolute Gasteiger partial charge is 0.371 e. The third-order valence-electron chi connectivity index (χ3n) is 4.82. The van der Waals surface area contributed by atoms with Crippen LogP contribution in [0.15, 0.2) is 36.8 Å². The minimum absolute atomic E-state index is 0.0570. The molecule has 0 bridgehead atoms. The summed E-state index contributed by atoms with van der Waals surface area (Å²) in [6.45, 7) is 6.96. The average molecular weight is 338 g/mol. The Kier molecular flexibility index (Phi) is 5.64. The molecule has 25 heavy (non-hydrogen) atoms. The number of anilines is 1. The van der Waals surface area contributed by atoms with E-state index in [0.29, 0.717) is 18.0 Å². The minimum atomic E-state index is -0.0570. The van der Waals surface area contributed by atoms with Gasteiger partial charge in [0.25, 0.3) is 5.91 Å². The van der Waals surface area contributed by atoms with Gasteiger partial charge in [0.15, 0.2) is 0 Å². The number of carbonyl (C=O) groups is 1. The number of hydrogen-bond donors (Lipinski definition) is 1. The van der Waals surface area contributed by atoms with Crippen molar-refractivity contribution in [3.05, 3.63) is 53.6 Å². The molecule has 1 amide bonds. The Morgan fingerprint density at radius 3 is 3.00 bits per heavy atom. The second-order valence-corrected chi connectivity index (χ2v) is 6.73. The lowest BCUT2D eigenvalue weighted by atomic mass is 10.1. The molecule has 2 heterocycles. The zero-order chi connectivity index (χ0) is 17.6. The molecular formula is C20H26N4O. The molecule has 3 rings (SSSR count). The van der Waals surface area contributed by atoms with Gasteiger partial charge >= 0.3 is 0 Å². The molecule has 5 nitrogen and oxygen atoms in total. The fraction of sp³-hybridized carbons (Fsp3) is 0.450. The highest BCUT2D eigenvalue weighted by Crippen LogP contribution is 2.26. The molecule has 1 aliphatic rings. The van der Waals surface area contributed by atoms with Crippen LogP contribution in [0.25, 0.3) is 0 Å². The summed E-state index contributed by atoms with van der Waals surface area (Å²) in [5, 5.41) is 3.08. The van der Waals surface area contributed by atoms with Crippen molar-refractivity contribution in [3.8, 4) is 0 Å². The van der Waals surface area contributed by atoms with Crippen LogP contribution in [0.4, 0.5) is 5.69 Å². The molecule has 0 unspecified atom stereocenters. The molecule has 0 aliphatic carbocycles. The van der Waals surface area contributed by atoms with Crippen molar-refractivity contribution in [1.82, 2.24) is 15.3 Å². The summed E-state index contributed by atoms with van der Waals surface area (Å²) in [6, 6.07) is 8.48. The van der Waals surface area contributed by atoms with E-state index in [1.807, 2.05) is 0 Å². The molecular weight excluding hydrogens is 312 g/mol. The van der Waals surface area contributed by atoms with Gasteiger partial charge in [0, 0.05) is 31.5 Å². The number of nitrogens with one attached hydrogen (secondary N) is 1. The van der Waals surface area contributed by atoms with Crippen molar-refractivity contribution in [1.29, 1.82) is 0 Å². The fourth-order valence-corrected chi connectivity index (χ4v) is 3.45. The standard InChI is InChI=1S/C20H26N4O/c1-3-6-18-17(12-21-14-23-18)20(25)22-11-16-9-10-24(13-16)19-8-5-4-7-15(19)2/h4-5,7-8,12,14,16H,3,6,9-11,13H2,1-2H3,(H,22,25)/t16-/m1/s1. The van der Waals surface area contributed by atoms with Crippen LogP contribution >= 0.6 is 0 Å². The third-order valence-corrected chi connectivity index (χ3v) is 4.82. The van der Waals surface area contributed by atoms with Crippen LogP contribution < -0.4 is 10.2 Å². The number of carbonyl (C=O) groups excluding carboxylic acids is 1. The molecule has 1 atom stereocenters. The van der Waals surface area contributed by atoms with E-state index < -0.39 is 0 Å². The zero-order valence-corrected chi connectivity index (χ0v) is 15.0. The smallest absolute Gasteiger partial charge is 0.254 e. The van der Waals surface area contributed by atoms with Gasteiger partial charge in [-0.2, -0.15) is 0 Å². The Morgan fingerprint density at radius 2 is 2.20 bits per heavy atom. The van der Waals surface area contributed by atoms with Gasteiger partial charge in [-0.3, -0.25) is 4.79 Å². The van der Waals surface area contributed by atoms with Crippen LogP contribution in [-0.4, -0.2) is 35.5 Å². The van der Waals surface area contributed by atoms with Crippen LogP contribution in [0.5, 0.6) is 0 Å². The van der Waals surface area contributed by atoms with Crippen molar-refractivity contribution in [2.75, 3.05) is 24.5 Å². The topological polar surface area (TPSA) is 58.1 Å². The van der Waals surface area contributed by atoms with Crippen LogP contribution in [0, 0.1) is 12.8 Å². The Bertz CT molecular complexity index is 731. The fourth-order valence-electron chi connectivity index (χ4n) is 3.45. The van der Waals surface area contributed by atoms with E-state index in [1.165, 1.54) is 17.6 Å². The summed E-state index contributed by atoms with van der Waals surface area (Å²) in [4.78, 5) is 23.2. The summed E-state index contributed by atoms with van der Waals surface area (Å²) in [5.74, 6) is 0.418. The van der Waals surface area contributed by atoms with Crippen molar-refractivity contribution in [2.24, 2.45) is 5.92 Å². The van der Waals surface area contributed by atoms with Gasteiger partial charge in [0.05, 0.1) is 11.3 Å². The summed E-state index contributed by atoms with van der Waals surface area (Å²) < 4.78 is 0. The van der Waals surface area contributed by atoms with Gasteiger partial charge in [-0.15, -0.1) is 0 Å². The van der Waals surface area contributed by atoms with Gasteiger partial charge in [-0.25, -0.2) is 9.97 Å². The zero-order valence-electron chi connectivity index (χ0n) is 15.0. The first kappa shape index (κ1) is 17.4. The van der Waals surface area contributed by atoms with E-state index in [0.717, 1.165) is 38.0 Å². The van der Waals surface area contributed by atoms with Crippen molar-refractivity contribution in [3.63, 3.8) is 0 Å². The SMILES string of the molecule is CCCc1ncncc1C(=O)NC[C@H]1CCN(c2ccccc2C)C1. The summed E-state index contributed by atoms with van der Waals surface area (Å²) in [7, 11) is 0. The molecule has 1 N–H and O–H groups in total. The molecule has 0 spiro atoms. The quantitative estimate of drug-likeness (QED) is 0.880. The molecule has 5 heteroatoms. The molecule has 1 saturated heterocycles. The second kappa shape index (κ2) is 8.10. The Balaban J connectivity index is 1.56. The number of aromatic nitrogens is 2. The van der Waals surface area contributed by atoms with Crippen LogP contribution in [0.2, 0.25) is 0 Å². The maximum atomic E-state index is 12.5. The van der Waals surface area contributed by atoms with Crippen molar-refractivity contribution < 1.29 is 4.79 Å². The summed E-state index contributed by atoms with van der Waals surface area (Å²) in [6.07, 6.45) is 6.00. The molecule has 132 valence electrons. The van der Waals surface area contributed by atoms with Gasteiger partial charge in [-0.05, 0) is 37.3 Å². The molecule has 1 aromatic carbocycles. The third kappa shape index (κ3) is 4.16. The second-order valence-electron chi connectivity index (χ2n) is 6.73. The Morgan fingerprint density at radius 1 is 1.36 bits per heavy atom. The highest BCUT2D eigenvalue weighted by Gasteiger charge is 2.24. The molecule has 1 fully saturated rings. The first-order chi connectivity index (χ1) is 12.2. The first-order valence-electron chi connectivity index (χ1n) is 9.06. The van der Waals surface area contributed by atoms with E-state index in [-0.39, 0.29) is 5.91 Å². The van der Waals surface area contributed by atoms with Gasteiger partial charge in [0.1, 0.15) is 6.33 Å². The van der Waals surface area contributed by atoms with Gasteiger partial charge < -0.3 is 10.2 Å². The maximum absolute atomic E-state index is 12.5. The maximum Gasteiger partial charge on any atom is 0.254 e. The molecule has 0 radical (unpaired) electrons. The highest BCUT2D eigenvalue weighted by atomic mass is 16.1. The van der Waals surface area contributed by atoms with Gasteiger partial charge in [-0.1, -0.05) is 31.5 Å². The van der Waals surface area contributed by atoms with E-state index >= 15 is 0 Å². The summed E-state index contributed by atoms with van der Waals surface area (Å²) >= 11 is 0. The van der Waals surface area contributed by atoms with Crippen LogP contribution in [0.1, 0.15) is 41.4 Å². The predicted octanol–water partition coefficient (Wildman–Crippen LogP) is 2.99. The number of para-hydroxylation sites is 1. The Labute approximate surface area is 149 Å². The first-order valence-corrected chi connectivity index (χ1v) is 9.06. The number of amides is 1. The van der Waals surface area contributed by atoms with Crippen molar-refractivity contribution >= 4 is 11.6 Å². The number of benzene rings is 1. The molecule has 1 aliphatic heterocycles. The number of hydrogen-bond acceptors (Lipinski definition) is 4. The van der Waals surface area contributed by atoms with E-state index in [9.17, 15) is 4.79 Å². The number of nitrogens with zero attached hydrogens (tertiary/aromatic N) is 3. The number of aryl methyl sites for hydroxylation is 2. The molecule has 1 aromatic heterocycles. The molecule has 0 saturated carbocycles. The van der Waals surface area contributed by atoms with Crippen LogP contribution in [-0.2, 0) is 6.42 Å². The normalized spacial score (nSPS) is 16.9. The average Bonchev–Trinajstić information content (AvgIpc) is 3.09. The summed E-state index contributed by atoms with van der Waals surface area (Å²) in [5.41, 5.74) is 4.05. The minimum Gasteiger partial charge on any atom is -0.371 e. The van der Waals surface area contributed by atoms with Crippen LogP contribution in [0.3, 0.4) is 0 Å². The lowest BCUT2D eigenvalue weighted by Crippen LogP contribution is -2.32. The van der Waals surface area contributed by atoms with Crippen molar-refractivity contribution in [2.45, 2.75) is 33.1 Å².